The summed E-state index contributed by atoms with van der Waals surface area (Å²) in [6.45, 7) is 1.59. The van der Waals surface area contributed by atoms with Crippen molar-refractivity contribution >= 4 is 0 Å². The lowest BCUT2D eigenvalue weighted by Gasteiger charge is -2.42. The summed E-state index contributed by atoms with van der Waals surface area (Å²) in [5, 5.41) is 9.01. The van der Waals surface area contributed by atoms with Gasteiger partial charge in [-0.15, -0.1) is 0 Å². The van der Waals surface area contributed by atoms with Crippen LogP contribution >= 0.6 is 0 Å². The molecular weight excluding hydrogens is 232 g/mol. The van der Waals surface area contributed by atoms with Crippen molar-refractivity contribution in [3.05, 3.63) is 23.8 Å². The molecule has 1 aliphatic rings. The highest BCUT2D eigenvalue weighted by molar-refractivity contribution is 5.46. The van der Waals surface area contributed by atoms with Crippen LogP contribution in [0.2, 0.25) is 0 Å². The molecule has 0 aliphatic carbocycles. The zero-order valence-electron chi connectivity index (χ0n) is 10.9. The topological polar surface area (TPSA) is 47.9 Å². The van der Waals surface area contributed by atoms with Crippen molar-refractivity contribution in [2.45, 2.75) is 18.3 Å². The Kier molecular flexibility index (Phi) is 4.09. The van der Waals surface area contributed by atoms with E-state index in [0.29, 0.717) is 13.2 Å². The second-order valence-corrected chi connectivity index (χ2v) is 4.67. The lowest BCUT2D eigenvalue weighted by atomic mass is 9.74. The SMILES string of the molecule is COc1ccc(C2(CCCO)COC2)c(OC)c1. The van der Waals surface area contributed by atoms with Gasteiger partial charge in [0.2, 0.25) is 0 Å². The van der Waals surface area contributed by atoms with Gasteiger partial charge in [-0.1, -0.05) is 6.07 Å². The summed E-state index contributed by atoms with van der Waals surface area (Å²) in [5.41, 5.74) is 1.13. The van der Waals surface area contributed by atoms with E-state index in [2.05, 4.69) is 0 Å². The van der Waals surface area contributed by atoms with E-state index in [1.165, 1.54) is 0 Å². The number of ether oxygens (including phenoxy) is 3. The molecule has 0 radical (unpaired) electrons. The monoisotopic (exact) mass is 252 g/mol. The molecule has 0 unspecified atom stereocenters. The molecular formula is C14H20O4. The number of hydrogen-bond donors (Lipinski definition) is 1. The van der Waals surface area contributed by atoms with E-state index in [9.17, 15) is 0 Å². The van der Waals surface area contributed by atoms with Gasteiger partial charge in [-0.2, -0.15) is 0 Å². The van der Waals surface area contributed by atoms with Gasteiger partial charge in [-0.3, -0.25) is 0 Å². The summed E-state index contributed by atoms with van der Waals surface area (Å²) < 4.78 is 16.0. The highest BCUT2D eigenvalue weighted by Crippen LogP contribution is 2.42. The highest BCUT2D eigenvalue weighted by Gasteiger charge is 2.41. The number of aliphatic hydroxyl groups excluding tert-OH is 1. The number of methoxy groups -OCH3 is 2. The Morgan fingerprint density at radius 1 is 1.28 bits per heavy atom. The van der Waals surface area contributed by atoms with Crippen molar-refractivity contribution in [1.29, 1.82) is 0 Å². The summed E-state index contributed by atoms with van der Waals surface area (Å²) in [6.07, 6.45) is 1.69. The molecule has 4 heteroatoms. The van der Waals surface area contributed by atoms with Crippen molar-refractivity contribution in [1.82, 2.24) is 0 Å². The molecule has 1 heterocycles. The van der Waals surface area contributed by atoms with Crippen LogP contribution < -0.4 is 9.47 Å². The van der Waals surface area contributed by atoms with Gasteiger partial charge in [0, 0.05) is 23.7 Å². The maximum Gasteiger partial charge on any atom is 0.126 e. The smallest absolute Gasteiger partial charge is 0.126 e. The van der Waals surface area contributed by atoms with Crippen LogP contribution in [0.15, 0.2) is 18.2 Å². The number of rotatable bonds is 6. The fourth-order valence-electron chi connectivity index (χ4n) is 2.44. The first-order valence-corrected chi connectivity index (χ1v) is 6.17. The van der Waals surface area contributed by atoms with E-state index >= 15 is 0 Å². The first kappa shape index (κ1) is 13.2. The molecule has 1 aromatic carbocycles. The van der Waals surface area contributed by atoms with Gasteiger partial charge in [-0.05, 0) is 18.9 Å². The Balaban J connectivity index is 2.30. The van der Waals surface area contributed by atoms with Crippen molar-refractivity contribution in [3.63, 3.8) is 0 Å². The van der Waals surface area contributed by atoms with E-state index in [-0.39, 0.29) is 12.0 Å². The zero-order chi connectivity index (χ0) is 13.0. The second-order valence-electron chi connectivity index (χ2n) is 4.67. The van der Waals surface area contributed by atoms with Crippen LogP contribution in [0, 0.1) is 0 Å². The average molecular weight is 252 g/mol. The van der Waals surface area contributed by atoms with E-state index in [1.54, 1.807) is 14.2 Å². The Labute approximate surface area is 107 Å². The lowest BCUT2D eigenvalue weighted by molar-refractivity contribution is -0.0674. The van der Waals surface area contributed by atoms with Crippen molar-refractivity contribution in [3.8, 4) is 11.5 Å². The average Bonchev–Trinajstić information content (AvgIpc) is 2.37. The summed E-state index contributed by atoms with van der Waals surface area (Å²) in [7, 11) is 3.31. The molecule has 1 saturated heterocycles. The third kappa shape index (κ3) is 2.31. The number of benzene rings is 1. The van der Waals surface area contributed by atoms with Crippen molar-refractivity contribution < 1.29 is 19.3 Å². The van der Waals surface area contributed by atoms with Crippen molar-refractivity contribution in [2.75, 3.05) is 34.0 Å². The summed E-state index contributed by atoms with van der Waals surface area (Å²) in [6, 6.07) is 5.88. The van der Waals surface area contributed by atoms with Gasteiger partial charge in [-0.25, -0.2) is 0 Å². The van der Waals surface area contributed by atoms with Crippen LogP contribution in [0.3, 0.4) is 0 Å². The maximum atomic E-state index is 9.01. The van der Waals surface area contributed by atoms with Gasteiger partial charge >= 0.3 is 0 Å². The summed E-state index contributed by atoms with van der Waals surface area (Å²) >= 11 is 0. The second kappa shape index (κ2) is 5.59. The van der Waals surface area contributed by atoms with Crippen LogP contribution in [-0.2, 0) is 10.2 Å². The molecule has 0 amide bonds. The van der Waals surface area contributed by atoms with Crippen molar-refractivity contribution in [2.24, 2.45) is 0 Å². The third-order valence-electron chi connectivity index (χ3n) is 3.55. The molecule has 0 atom stereocenters. The molecule has 0 aromatic heterocycles. The van der Waals surface area contributed by atoms with Crippen LogP contribution in [0.1, 0.15) is 18.4 Å². The van der Waals surface area contributed by atoms with Crippen LogP contribution in [0.25, 0.3) is 0 Å². The normalized spacial score (nSPS) is 17.1. The van der Waals surface area contributed by atoms with Gasteiger partial charge in [0.05, 0.1) is 27.4 Å². The fourth-order valence-corrected chi connectivity index (χ4v) is 2.44. The summed E-state index contributed by atoms with van der Waals surface area (Å²) in [5.74, 6) is 1.61. The molecule has 0 saturated carbocycles. The van der Waals surface area contributed by atoms with Gasteiger partial charge in [0.25, 0.3) is 0 Å². The minimum atomic E-state index is -0.0135. The van der Waals surface area contributed by atoms with Crippen LogP contribution in [0.4, 0.5) is 0 Å². The molecule has 0 bridgehead atoms. The van der Waals surface area contributed by atoms with Gasteiger partial charge < -0.3 is 19.3 Å². The van der Waals surface area contributed by atoms with Crippen LogP contribution in [0.5, 0.6) is 11.5 Å². The lowest BCUT2D eigenvalue weighted by Crippen LogP contribution is -2.47. The van der Waals surface area contributed by atoms with Gasteiger partial charge in [0.15, 0.2) is 0 Å². The summed E-state index contributed by atoms with van der Waals surface area (Å²) in [4.78, 5) is 0. The number of aliphatic hydroxyl groups is 1. The highest BCUT2D eigenvalue weighted by atomic mass is 16.5. The molecule has 2 rings (SSSR count). The molecule has 100 valence electrons. The first-order valence-electron chi connectivity index (χ1n) is 6.17. The predicted octanol–water partition coefficient (Wildman–Crippen LogP) is 1.74. The molecule has 1 aliphatic heterocycles. The molecule has 1 N–H and O–H groups in total. The Morgan fingerprint density at radius 2 is 2.06 bits per heavy atom. The Morgan fingerprint density at radius 3 is 2.56 bits per heavy atom. The van der Waals surface area contributed by atoms with E-state index in [0.717, 1.165) is 29.9 Å². The standard InChI is InChI=1S/C14H20O4/c1-16-11-4-5-12(13(8-11)17-2)14(6-3-7-15)9-18-10-14/h4-5,8,15H,3,6-7,9-10H2,1-2H3. The first-order chi connectivity index (χ1) is 8.75. The number of hydrogen-bond acceptors (Lipinski definition) is 4. The molecule has 1 fully saturated rings. The molecule has 0 spiro atoms. The minimum Gasteiger partial charge on any atom is -0.497 e. The third-order valence-corrected chi connectivity index (χ3v) is 3.55. The molecule has 1 aromatic rings. The molecule has 4 nitrogen and oxygen atoms in total. The Bertz CT molecular complexity index is 399. The molecule has 18 heavy (non-hydrogen) atoms. The zero-order valence-corrected chi connectivity index (χ0v) is 10.9. The predicted molar refractivity (Wildman–Crippen MR) is 68.4 cm³/mol. The Hall–Kier alpha value is -1.26. The maximum absolute atomic E-state index is 9.01. The minimum absolute atomic E-state index is 0.0135. The van der Waals surface area contributed by atoms with E-state index in [4.69, 9.17) is 19.3 Å². The quantitative estimate of drug-likeness (QED) is 0.838. The van der Waals surface area contributed by atoms with E-state index < -0.39 is 0 Å². The van der Waals surface area contributed by atoms with E-state index in [1.807, 2.05) is 18.2 Å². The van der Waals surface area contributed by atoms with Gasteiger partial charge in [0.1, 0.15) is 11.5 Å². The largest absolute Gasteiger partial charge is 0.497 e. The fraction of sp³-hybridized carbons (Fsp3) is 0.571. The van der Waals surface area contributed by atoms with Crippen LogP contribution in [-0.4, -0.2) is 39.1 Å².